The topological polar surface area (TPSA) is 125 Å². The van der Waals surface area contributed by atoms with E-state index in [1.807, 2.05) is 23.1 Å². The lowest BCUT2D eigenvalue weighted by Crippen LogP contribution is -2.47. The zero-order valence-corrected chi connectivity index (χ0v) is 23.9. The Balaban J connectivity index is 0.000000517. The molecular formula is C28H34F3N9O2. The number of benzene rings is 1. The second-order valence-electron chi connectivity index (χ2n) is 10.2. The average molecular weight is 586 g/mol. The molecule has 2 N–H and O–H groups in total. The van der Waals surface area contributed by atoms with Gasteiger partial charge in [-0.1, -0.05) is 19.9 Å². The van der Waals surface area contributed by atoms with E-state index in [4.69, 9.17) is 24.9 Å². The minimum Gasteiger partial charge on any atom is -0.475 e. The molecule has 4 heterocycles. The van der Waals surface area contributed by atoms with Crippen molar-refractivity contribution in [3.05, 3.63) is 59.7 Å². The summed E-state index contributed by atoms with van der Waals surface area (Å²) in [6.45, 7) is 13.4. The van der Waals surface area contributed by atoms with Gasteiger partial charge in [0.2, 0.25) is 11.9 Å². The summed E-state index contributed by atoms with van der Waals surface area (Å²) in [5.74, 6) is 0.0496. The first-order valence-corrected chi connectivity index (χ1v) is 13.6. The number of carbonyl (C=O) groups is 1. The van der Waals surface area contributed by atoms with Crippen LogP contribution in [0.3, 0.4) is 0 Å². The highest BCUT2D eigenvalue weighted by Crippen LogP contribution is 2.28. The number of anilines is 3. The third kappa shape index (κ3) is 7.62. The predicted molar refractivity (Wildman–Crippen MR) is 154 cm³/mol. The summed E-state index contributed by atoms with van der Waals surface area (Å²) in [4.78, 5) is 32.6. The first kappa shape index (κ1) is 30.5. The molecule has 1 aliphatic rings. The van der Waals surface area contributed by atoms with Crippen molar-refractivity contribution in [1.82, 2.24) is 29.7 Å². The lowest BCUT2D eigenvalue weighted by Gasteiger charge is -2.36. The lowest BCUT2D eigenvalue weighted by molar-refractivity contribution is -0.192. The Bertz CT molecular complexity index is 1520. The number of aromatic nitrogens is 6. The van der Waals surface area contributed by atoms with E-state index in [-0.39, 0.29) is 0 Å². The number of hydrogen-bond acceptors (Lipinski definition) is 9. The maximum atomic E-state index is 10.6. The SMILES string of the molecule is CCn1cc(CNc2nc(N3CCN(c4nccc(C(C)C)n4)CC3)c3ccc(C)cc3n2)cn1.O=C(O)C(F)(F)F. The number of alkyl halides is 3. The van der Waals surface area contributed by atoms with Gasteiger partial charge in [0.1, 0.15) is 5.82 Å². The standard InChI is InChI=1S/C26H33N9.C2HF3O2/c1-5-35-17-20(16-29-35)15-28-25-30-23-14-19(4)6-7-21(23)24(32-25)33-10-12-34(13-11-33)26-27-9-8-22(31-26)18(2)3;3-2(4,5)1(6)7/h6-9,14,16-18H,5,10-13,15H2,1-4H3,(H,28,30,32);(H,6,7). The largest absolute Gasteiger partial charge is 0.490 e. The van der Waals surface area contributed by atoms with Crippen LogP contribution in [-0.2, 0) is 17.9 Å². The van der Waals surface area contributed by atoms with E-state index in [0.29, 0.717) is 18.4 Å². The number of rotatable bonds is 7. The minimum atomic E-state index is -5.08. The van der Waals surface area contributed by atoms with Crippen molar-refractivity contribution >= 4 is 34.6 Å². The molecule has 0 bridgehead atoms. The molecule has 0 saturated carbocycles. The van der Waals surface area contributed by atoms with Crippen LogP contribution in [0.15, 0.2) is 42.9 Å². The number of carboxylic acid groups (broad SMARTS) is 1. The lowest BCUT2D eigenvalue weighted by atomic mass is 10.1. The van der Waals surface area contributed by atoms with E-state index in [2.05, 4.69) is 77.3 Å². The Morgan fingerprint density at radius 2 is 1.76 bits per heavy atom. The first-order chi connectivity index (χ1) is 19.9. The number of fused-ring (bicyclic) bond motifs is 1. The van der Waals surface area contributed by atoms with Crippen LogP contribution in [0.5, 0.6) is 0 Å². The third-order valence-corrected chi connectivity index (χ3v) is 6.65. The second-order valence-corrected chi connectivity index (χ2v) is 10.2. The molecule has 1 fully saturated rings. The Morgan fingerprint density at radius 3 is 2.38 bits per heavy atom. The highest BCUT2D eigenvalue weighted by atomic mass is 19.4. The summed E-state index contributed by atoms with van der Waals surface area (Å²) in [5, 5.41) is 16.0. The molecule has 4 aromatic rings. The van der Waals surface area contributed by atoms with Crippen molar-refractivity contribution in [2.45, 2.75) is 52.9 Å². The molecule has 0 spiro atoms. The normalized spacial score (nSPS) is 13.7. The van der Waals surface area contributed by atoms with Gasteiger partial charge in [-0.15, -0.1) is 0 Å². The molecule has 0 amide bonds. The van der Waals surface area contributed by atoms with Gasteiger partial charge in [-0.2, -0.15) is 23.3 Å². The predicted octanol–water partition coefficient (Wildman–Crippen LogP) is 4.64. The van der Waals surface area contributed by atoms with Gasteiger partial charge < -0.3 is 20.2 Å². The summed E-state index contributed by atoms with van der Waals surface area (Å²) in [5.41, 5.74) is 4.33. The van der Waals surface area contributed by atoms with Gasteiger partial charge in [-0.25, -0.2) is 19.7 Å². The molecule has 1 aromatic carbocycles. The average Bonchev–Trinajstić information content (AvgIpc) is 3.44. The molecule has 1 saturated heterocycles. The molecule has 224 valence electrons. The van der Waals surface area contributed by atoms with Gasteiger partial charge in [-0.3, -0.25) is 4.68 Å². The van der Waals surface area contributed by atoms with Gasteiger partial charge in [0, 0.05) is 68.3 Å². The molecule has 0 unspecified atom stereocenters. The van der Waals surface area contributed by atoms with Crippen molar-refractivity contribution < 1.29 is 23.1 Å². The second kappa shape index (κ2) is 13.0. The molecule has 11 nitrogen and oxygen atoms in total. The van der Waals surface area contributed by atoms with Crippen molar-refractivity contribution in [2.24, 2.45) is 0 Å². The van der Waals surface area contributed by atoms with E-state index < -0.39 is 12.1 Å². The van der Waals surface area contributed by atoms with Crippen LogP contribution in [-0.4, -0.2) is 73.1 Å². The number of nitrogens with zero attached hydrogens (tertiary/aromatic N) is 8. The van der Waals surface area contributed by atoms with E-state index >= 15 is 0 Å². The molecule has 42 heavy (non-hydrogen) atoms. The van der Waals surface area contributed by atoms with Crippen LogP contribution in [0.2, 0.25) is 0 Å². The van der Waals surface area contributed by atoms with Gasteiger partial charge in [0.25, 0.3) is 0 Å². The zero-order valence-electron chi connectivity index (χ0n) is 23.9. The molecular weight excluding hydrogens is 551 g/mol. The highest BCUT2D eigenvalue weighted by molar-refractivity contribution is 5.91. The number of halogens is 3. The molecule has 3 aromatic heterocycles. The Morgan fingerprint density at radius 1 is 1.07 bits per heavy atom. The number of nitrogens with one attached hydrogen (secondary N) is 1. The summed E-state index contributed by atoms with van der Waals surface area (Å²) < 4.78 is 33.7. The summed E-state index contributed by atoms with van der Waals surface area (Å²) >= 11 is 0. The maximum absolute atomic E-state index is 10.6. The fraction of sp³-hybridized carbons (Fsp3) is 0.429. The number of carboxylic acids is 1. The van der Waals surface area contributed by atoms with Crippen molar-refractivity contribution in [2.75, 3.05) is 41.3 Å². The number of aryl methyl sites for hydroxylation is 2. The quantitative estimate of drug-likeness (QED) is 0.317. The fourth-order valence-corrected chi connectivity index (χ4v) is 4.35. The minimum absolute atomic E-state index is 0.385. The van der Waals surface area contributed by atoms with Crippen LogP contribution >= 0.6 is 0 Å². The zero-order chi connectivity index (χ0) is 30.4. The van der Waals surface area contributed by atoms with Crippen molar-refractivity contribution in [3.63, 3.8) is 0 Å². The first-order valence-electron chi connectivity index (χ1n) is 13.6. The van der Waals surface area contributed by atoms with Crippen LogP contribution < -0.4 is 15.1 Å². The smallest absolute Gasteiger partial charge is 0.475 e. The highest BCUT2D eigenvalue weighted by Gasteiger charge is 2.38. The van der Waals surface area contributed by atoms with E-state index in [1.54, 1.807) is 0 Å². The van der Waals surface area contributed by atoms with Gasteiger partial charge in [0.05, 0.1) is 11.7 Å². The molecule has 0 atom stereocenters. The van der Waals surface area contributed by atoms with Crippen LogP contribution in [0, 0.1) is 6.92 Å². The maximum Gasteiger partial charge on any atom is 0.490 e. The van der Waals surface area contributed by atoms with Crippen LogP contribution in [0.1, 0.15) is 43.5 Å². The van der Waals surface area contributed by atoms with E-state index in [1.165, 1.54) is 5.56 Å². The monoisotopic (exact) mass is 585 g/mol. The Kier molecular flexibility index (Phi) is 9.43. The molecule has 0 radical (unpaired) electrons. The summed E-state index contributed by atoms with van der Waals surface area (Å²) in [6.07, 6.45) is 0.722. The Hall–Kier alpha value is -4.49. The van der Waals surface area contributed by atoms with Gasteiger partial charge in [-0.05, 0) is 43.5 Å². The Labute approximate surface area is 241 Å². The molecule has 5 rings (SSSR count). The van der Waals surface area contributed by atoms with Gasteiger partial charge >= 0.3 is 12.1 Å². The van der Waals surface area contributed by atoms with Crippen molar-refractivity contribution in [3.8, 4) is 0 Å². The van der Waals surface area contributed by atoms with Crippen LogP contribution in [0.4, 0.5) is 30.9 Å². The van der Waals surface area contributed by atoms with E-state index in [9.17, 15) is 13.2 Å². The fourth-order valence-electron chi connectivity index (χ4n) is 4.35. The number of aliphatic carboxylic acids is 1. The number of piperazine rings is 1. The third-order valence-electron chi connectivity index (χ3n) is 6.65. The molecule has 1 aliphatic heterocycles. The molecule has 14 heteroatoms. The van der Waals surface area contributed by atoms with Crippen molar-refractivity contribution in [1.29, 1.82) is 0 Å². The number of hydrogen-bond donors (Lipinski definition) is 2. The summed E-state index contributed by atoms with van der Waals surface area (Å²) in [6, 6.07) is 8.39. The van der Waals surface area contributed by atoms with Crippen LogP contribution in [0.25, 0.3) is 10.9 Å². The summed E-state index contributed by atoms with van der Waals surface area (Å²) in [7, 11) is 0. The van der Waals surface area contributed by atoms with Gasteiger partial charge in [0.15, 0.2) is 0 Å². The van der Waals surface area contributed by atoms with E-state index in [0.717, 1.165) is 66.7 Å². The molecule has 0 aliphatic carbocycles.